The fraction of sp³-hybridized carbons (Fsp3) is 0.400. The Morgan fingerprint density at radius 1 is 1.18 bits per heavy atom. The molecule has 33 heavy (non-hydrogen) atoms. The average molecular weight is 486 g/mol. The Balaban J connectivity index is 1.33. The molecule has 0 bridgehead atoms. The molecule has 1 aliphatic heterocycles. The molecular formula is C25H28ClN3O3S. The van der Waals surface area contributed by atoms with Crippen LogP contribution in [0.1, 0.15) is 48.2 Å². The average Bonchev–Trinajstić information content (AvgIpc) is 3.23. The lowest BCUT2D eigenvalue weighted by molar-refractivity contribution is 0.144. The maximum atomic E-state index is 6.56. The fourth-order valence-corrected chi connectivity index (χ4v) is 5.38. The molecular weight excluding hydrogens is 458 g/mol. The number of nitrogens with zero attached hydrogens (tertiary/aromatic N) is 1. The minimum Gasteiger partial charge on any atom is -0.454 e. The van der Waals surface area contributed by atoms with Gasteiger partial charge in [0, 0.05) is 29.3 Å². The van der Waals surface area contributed by atoms with Crippen molar-refractivity contribution in [3.8, 4) is 11.5 Å². The number of hydrogen-bond donors (Lipinski definition) is 2. The lowest BCUT2D eigenvalue weighted by atomic mass is 10.0. The topological polar surface area (TPSA) is 64.6 Å². The van der Waals surface area contributed by atoms with Crippen molar-refractivity contribution in [3.63, 3.8) is 0 Å². The normalized spacial score (nSPS) is 16.5. The predicted octanol–water partition coefficient (Wildman–Crippen LogP) is 5.73. The van der Waals surface area contributed by atoms with Crippen molar-refractivity contribution in [2.24, 2.45) is 0 Å². The second-order valence-corrected chi connectivity index (χ2v) is 9.77. The third-order valence-electron chi connectivity index (χ3n) is 6.06. The van der Waals surface area contributed by atoms with E-state index in [1.807, 2.05) is 37.4 Å². The smallest absolute Gasteiger partial charge is 0.231 e. The number of thiazole rings is 1. The van der Waals surface area contributed by atoms with E-state index in [1.165, 1.54) is 5.56 Å². The first kappa shape index (κ1) is 22.5. The monoisotopic (exact) mass is 485 g/mol. The van der Waals surface area contributed by atoms with E-state index in [-0.39, 0.29) is 18.4 Å². The van der Waals surface area contributed by atoms with Crippen LogP contribution in [0.25, 0.3) is 0 Å². The third kappa shape index (κ3) is 4.96. The van der Waals surface area contributed by atoms with Gasteiger partial charge in [-0.25, -0.2) is 4.98 Å². The largest absolute Gasteiger partial charge is 0.454 e. The van der Waals surface area contributed by atoms with Crippen LogP contribution in [-0.2, 0) is 10.3 Å². The van der Waals surface area contributed by atoms with Crippen LogP contribution < -0.4 is 20.1 Å². The molecule has 2 aromatic carbocycles. The summed E-state index contributed by atoms with van der Waals surface area (Å²) in [5.74, 6) is 1.62. The summed E-state index contributed by atoms with van der Waals surface area (Å²) in [6, 6.07) is 14.2. The molecule has 1 atom stereocenters. The number of fused-ring (bicyclic) bond motifs is 1. The maximum absolute atomic E-state index is 6.56. The summed E-state index contributed by atoms with van der Waals surface area (Å²) in [4.78, 5) is 5.85. The lowest BCUT2D eigenvalue weighted by Crippen LogP contribution is -2.24. The molecule has 1 aromatic heterocycles. The van der Waals surface area contributed by atoms with E-state index in [1.54, 1.807) is 11.3 Å². The molecule has 1 fully saturated rings. The molecule has 2 aliphatic rings. The van der Waals surface area contributed by atoms with Gasteiger partial charge in [0.2, 0.25) is 6.79 Å². The van der Waals surface area contributed by atoms with Crippen LogP contribution in [0.4, 0.5) is 5.13 Å². The zero-order valence-corrected chi connectivity index (χ0v) is 20.2. The van der Waals surface area contributed by atoms with E-state index in [4.69, 9.17) is 30.8 Å². The van der Waals surface area contributed by atoms with Crippen LogP contribution in [0.5, 0.6) is 11.5 Å². The zero-order valence-electron chi connectivity index (χ0n) is 18.6. The van der Waals surface area contributed by atoms with Crippen molar-refractivity contribution in [1.82, 2.24) is 10.3 Å². The van der Waals surface area contributed by atoms with E-state index in [9.17, 15) is 0 Å². The van der Waals surface area contributed by atoms with E-state index < -0.39 is 0 Å². The number of anilines is 1. The summed E-state index contributed by atoms with van der Waals surface area (Å²) in [5.41, 5.74) is 2.17. The molecule has 8 heteroatoms. The minimum atomic E-state index is -0.0963. The predicted molar refractivity (Wildman–Crippen MR) is 132 cm³/mol. The van der Waals surface area contributed by atoms with Crippen molar-refractivity contribution >= 4 is 28.1 Å². The summed E-state index contributed by atoms with van der Waals surface area (Å²) < 4.78 is 16.5. The van der Waals surface area contributed by atoms with Gasteiger partial charge in [-0.3, -0.25) is 0 Å². The van der Waals surface area contributed by atoms with Crippen molar-refractivity contribution in [2.75, 3.05) is 31.9 Å². The summed E-state index contributed by atoms with van der Waals surface area (Å²) in [6.07, 6.45) is 5.01. The van der Waals surface area contributed by atoms with Gasteiger partial charge in [0.15, 0.2) is 16.6 Å². The van der Waals surface area contributed by atoms with Crippen LogP contribution in [0.2, 0.25) is 5.02 Å². The van der Waals surface area contributed by atoms with E-state index in [0.717, 1.165) is 71.1 Å². The molecule has 3 aromatic rings. The number of benzene rings is 2. The molecule has 174 valence electrons. The molecule has 1 saturated carbocycles. The molecule has 2 heterocycles. The number of aromatic nitrogens is 1. The highest BCUT2D eigenvalue weighted by Crippen LogP contribution is 2.51. The minimum absolute atomic E-state index is 0.0194. The van der Waals surface area contributed by atoms with Gasteiger partial charge < -0.3 is 24.8 Å². The Morgan fingerprint density at radius 3 is 2.85 bits per heavy atom. The molecule has 6 nitrogen and oxygen atoms in total. The number of rotatable bonds is 11. The van der Waals surface area contributed by atoms with Crippen molar-refractivity contribution < 1.29 is 14.2 Å². The number of ether oxygens (including phenoxy) is 3. The first-order chi connectivity index (χ1) is 16.2. The van der Waals surface area contributed by atoms with Crippen LogP contribution >= 0.6 is 22.9 Å². The van der Waals surface area contributed by atoms with Gasteiger partial charge in [0.25, 0.3) is 0 Å². The number of hydrogen-bond acceptors (Lipinski definition) is 7. The van der Waals surface area contributed by atoms with Crippen molar-refractivity contribution in [2.45, 2.75) is 37.8 Å². The summed E-state index contributed by atoms with van der Waals surface area (Å²) in [7, 11) is 0. The Labute approximate surface area is 203 Å². The Morgan fingerprint density at radius 2 is 2.03 bits per heavy atom. The van der Waals surface area contributed by atoms with Crippen LogP contribution in [0, 0.1) is 0 Å². The molecule has 0 spiro atoms. The molecule has 0 saturated heterocycles. The van der Waals surface area contributed by atoms with Gasteiger partial charge in [0.1, 0.15) is 0 Å². The first-order valence-electron chi connectivity index (χ1n) is 11.4. The van der Waals surface area contributed by atoms with E-state index in [0.29, 0.717) is 0 Å². The van der Waals surface area contributed by atoms with E-state index >= 15 is 0 Å². The summed E-state index contributed by atoms with van der Waals surface area (Å²) in [6.45, 7) is 4.62. The van der Waals surface area contributed by atoms with Crippen LogP contribution in [0.3, 0.4) is 0 Å². The highest BCUT2D eigenvalue weighted by atomic mass is 35.5. The standard InChI is InChI=1S/C25H28ClN3O3S/c1-2-30-13-5-12-27-23(18-6-3-4-7-19(18)26)22-15-28-24(33-22)29-25(10-11-25)17-8-9-20-21(14-17)32-16-31-20/h3-4,6-9,14-15,23,27H,2,5,10-13,16H2,1H3,(H,28,29). The Hall–Kier alpha value is -2.32. The lowest BCUT2D eigenvalue weighted by Gasteiger charge is -2.19. The van der Waals surface area contributed by atoms with Crippen LogP contribution in [-0.4, -0.2) is 31.5 Å². The highest BCUT2D eigenvalue weighted by molar-refractivity contribution is 7.15. The fourth-order valence-electron chi connectivity index (χ4n) is 4.13. The summed E-state index contributed by atoms with van der Waals surface area (Å²) >= 11 is 8.23. The molecule has 0 radical (unpaired) electrons. The Bertz CT molecular complexity index is 1100. The maximum Gasteiger partial charge on any atom is 0.231 e. The SMILES string of the molecule is CCOCCCNC(c1cnc(NC2(c3ccc4c(c3)OCO4)CC2)s1)c1ccccc1Cl. The summed E-state index contributed by atoms with van der Waals surface area (Å²) in [5, 5.41) is 9.01. The highest BCUT2D eigenvalue weighted by Gasteiger charge is 2.45. The van der Waals surface area contributed by atoms with Gasteiger partial charge in [-0.05, 0) is 62.1 Å². The van der Waals surface area contributed by atoms with Gasteiger partial charge in [-0.1, -0.05) is 35.9 Å². The van der Waals surface area contributed by atoms with Crippen molar-refractivity contribution in [3.05, 3.63) is 69.7 Å². The van der Waals surface area contributed by atoms with Crippen molar-refractivity contribution in [1.29, 1.82) is 0 Å². The second kappa shape index (κ2) is 9.89. The van der Waals surface area contributed by atoms with Gasteiger partial charge in [-0.15, -0.1) is 11.3 Å². The molecule has 5 rings (SSSR count). The zero-order chi connectivity index (χ0) is 22.7. The number of nitrogens with one attached hydrogen (secondary N) is 2. The molecule has 0 amide bonds. The van der Waals surface area contributed by atoms with Crippen LogP contribution in [0.15, 0.2) is 48.7 Å². The number of halogens is 1. The van der Waals surface area contributed by atoms with Gasteiger partial charge >= 0.3 is 0 Å². The van der Waals surface area contributed by atoms with E-state index in [2.05, 4.69) is 28.8 Å². The molecule has 1 unspecified atom stereocenters. The first-order valence-corrected chi connectivity index (χ1v) is 12.6. The van der Waals surface area contributed by atoms with Gasteiger partial charge in [-0.2, -0.15) is 0 Å². The quantitative estimate of drug-likeness (QED) is 0.338. The molecule has 2 N–H and O–H groups in total. The van der Waals surface area contributed by atoms with Gasteiger partial charge in [0.05, 0.1) is 11.6 Å². The third-order valence-corrected chi connectivity index (χ3v) is 7.39. The second-order valence-electron chi connectivity index (χ2n) is 8.30. The molecule has 1 aliphatic carbocycles. The Kier molecular flexibility index (Phi) is 6.74.